The molecular formula is C43H73N5O8. The topological polar surface area (TPSA) is 184 Å². The van der Waals surface area contributed by atoms with Gasteiger partial charge in [0.2, 0.25) is 17.7 Å². The third kappa shape index (κ3) is 27.3. The molecule has 1 aromatic carbocycles. The number of carbonyl (C=O) groups is 5. The van der Waals surface area contributed by atoms with Gasteiger partial charge in [0, 0.05) is 63.1 Å². The molecule has 318 valence electrons. The first kappa shape index (κ1) is 49.7. The smallest absolute Gasteiger partial charge is 0.407 e. The van der Waals surface area contributed by atoms with E-state index in [-0.39, 0.29) is 69.0 Å². The van der Waals surface area contributed by atoms with E-state index in [9.17, 15) is 29.1 Å². The minimum Gasteiger partial charge on any atom is -0.507 e. The number of hydrogen-bond donors (Lipinski definition) is 6. The zero-order chi connectivity index (χ0) is 41.8. The number of phenolic OH excluding ortho intramolecular Hbond substituents is 1. The summed E-state index contributed by atoms with van der Waals surface area (Å²) in [5, 5.41) is 24.6. The van der Waals surface area contributed by atoms with Gasteiger partial charge in [-0.3, -0.25) is 14.4 Å². The first-order chi connectivity index (χ1) is 26.5. The van der Waals surface area contributed by atoms with E-state index in [1.54, 1.807) is 53.7 Å². The van der Waals surface area contributed by atoms with Gasteiger partial charge in [-0.15, -0.1) is 0 Å². The van der Waals surface area contributed by atoms with E-state index in [4.69, 9.17) is 9.47 Å². The molecule has 0 bridgehead atoms. The number of nitrogens with one attached hydrogen (secondary N) is 5. The lowest BCUT2D eigenvalue weighted by Crippen LogP contribution is -2.35. The van der Waals surface area contributed by atoms with Crippen molar-refractivity contribution in [1.82, 2.24) is 26.6 Å². The van der Waals surface area contributed by atoms with Gasteiger partial charge < -0.3 is 41.2 Å². The molecular weight excluding hydrogens is 714 g/mol. The maximum atomic E-state index is 12.7. The van der Waals surface area contributed by atoms with E-state index >= 15 is 0 Å². The van der Waals surface area contributed by atoms with Gasteiger partial charge in [0.15, 0.2) is 0 Å². The van der Waals surface area contributed by atoms with Crippen LogP contribution < -0.4 is 26.6 Å². The Balaban J connectivity index is 2.64. The van der Waals surface area contributed by atoms with Gasteiger partial charge in [-0.2, -0.15) is 0 Å². The quantitative estimate of drug-likeness (QED) is 0.0382. The van der Waals surface area contributed by atoms with Crippen LogP contribution in [-0.4, -0.2) is 59.3 Å². The van der Waals surface area contributed by atoms with Crippen molar-refractivity contribution >= 4 is 29.9 Å². The summed E-state index contributed by atoms with van der Waals surface area (Å²) in [4.78, 5) is 61.6. The summed E-state index contributed by atoms with van der Waals surface area (Å²) in [5.74, 6) is -0.888. The number of rotatable bonds is 27. The summed E-state index contributed by atoms with van der Waals surface area (Å²) in [6.07, 6.45) is 19.2. The largest absolute Gasteiger partial charge is 0.507 e. The third-order valence-corrected chi connectivity index (χ3v) is 8.48. The van der Waals surface area contributed by atoms with Gasteiger partial charge in [0.25, 0.3) is 0 Å². The van der Waals surface area contributed by atoms with Crippen LogP contribution in [0.2, 0.25) is 0 Å². The highest BCUT2D eigenvalue weighted by atomic mass is 16.6. The van der Waals surface area contributed by atoms with Crippen molar-refractivity contribution in [3.05, 3.63) is 41.0 Å². The molecule has 0 unspecified atom stereocenters. The first-order valence-corrected chi connectivity index (χ1v) is 20.7. The second-order valence-electron chi connectivity index (χ2n) is 16.3. The van der Waals surface area contributed by atoms with E-state index in [1.807, 2.05) is 0 Å². The molecule has 0 aliphatic heterocycles. The molecule has 1 rings (SSSR count). The lowest BCUT2D eigenvalue weighted by atomic mass is 10.0. The lowest BCUT2D eigenvalue weighted by Gasteiger charge is -2.19. The number of phenols is 1. The summed E-state index contributed by atoms with van der Waals surface area (Å²) in [5.41, 5.74) is 0.169. The van der Waals surface area contributed by atoms with Crippen LogP contribution in [0.25, 0.3) is 0 Å². The Morgan fingerprint density at radius 2 is 0.946 bits per heavy atom. The molecule has 13 heteroatoms. The SMILES string of the molecule is CCCCCCCC/C=C\CCCCCCCC(=O)NCc1cc(CNC(=O)CCNC(=O)OC(C)(C)C)c(O)c(CNC(=O)CCNC(=O)OC(C)(C)C)c1. The summed E-state index contributed by atoms with van der Waals surface area (Å²) in [6, 6.07) is 3.40. The Labute approximate surface area is 336 Å². The van der Waals surface area contributed by atoms with E-state index in [0.29, 0.717) is 23.1 Å². The number of benzene rings is 1. The van der Waals surface area contributed by atoms with E-state index in [2.05, 4.69) is 45.7 Å². The molecule has 0 radical (unpaired) electrons. The van der Waals surface area contributed by atoms with E-state index in [1.165, 1.54) is 44.9 Å². The average molecular weight is 788 g/mol. The number of carbonyl (C=O) groups excluding carboxylic acids is 5. The zero-order valence-electron chi connectivity index (χ0n) is 35.5. The Morgan fingerprint density at radius 3 is 1.39 bits per heavy atom. The van der Waals surface area contributed by atoms with Crippen molar-refractivity contribution in [1.29, 1.82) is 0 Å². The van der Waals surface area contributed by atoms with E-state index in [0.717, 1.165) is 38.5 Å². The van der Waals surface area contributed by atoms with E-state index < -0.39 is 23.4 Å². The standard InChI is InChI=1S/C43H73N5O8/c1-8-9-10-11-12-13-14-15-16-17-18-19-20-21-22-23-36(49)46-30-33-28-34(31-47-37(50)24-26-44-40(53)55-42(2,3)4)39(52)35(29-33)32-48-38(51)25-27-45-41(54)56-43(5,6)7/h15-16,28-29,52H,8-14,17-27,30-32H2,1-7H3,(H,44,53)(H,45,54)(H,46,49)(H,47,50)(H,48,51)/b16-15-. The lowest BCUT2D eigenvalue weighted by molar-refractivity contribution is -0.122. The minimum absolute atomic E-state index is 0.00758. The maximum absolute atomic E-state index is 12.7. The number of amides is 5. The molecule has 13 nitrogen and oxygen atoms in total. The van der Waals surface area contributed by atoms with Crippen molar-refractivity contribution in [2.45, 2.75) is 182 Å². The van der Waals surface area contributed by atoms with Crippen molar-refractivity contribution < 1.29 is 38.6 Å². The fourth-order valence-corrected chi connectivity index (χ4v) is 5.60. The van der Waals surface area contributed by atoms with Crippen LogP contribution in [0.3, 0.4) is 0 Å². The van der Waals surface area contributed by atoms with Crippen molar-refractivity contribution in [2.75, 3.05) is 13.1 Å². The summed E-state index contributed by atoms with van der Waals surface area (Å²) >= 11 is 0. The van der Waals surface area contributed by atoms with Gasteiger partial charge in [-0.05, 0) is 91.3 Å². The highest BCUT2D eigenvalue weighted by molar-refractivity contribution is 5.78. The predicted octanol–water partition coefficient (Wildman–Crippen LogP) is 8.11. The molecule has 0 aromatic heterocycles. The number of ether oxygens (including phenoxy) is 2. The van der Waals surface area contributed by atoms with Crippen LogP contribution in [0.4, 0.5) is 9.59 Å². The molecule has 0 atom stereocenters. The summed E-state index contributed by atoms with van der Waals surface area (Å²) in [7, 11) is 0. The highest BCUT2D eigenvalue weighted by Crippen LogP contribution is 2.25. The molecule has 0 fully saturated rings. The Morgan fingerprint density at radius 1 is 0.554 bits per heavy atom. The van der Waals surface area contributed by atoms with Gasteiger partial charge in [0.05, 0.1) is 0 Å². The zero-order valence-corrected chi connectivity index (χ0v) is 35.5. The van der Waals surface area contributed by atoms with Gasteiger partial charge >= 0.3 is 12.2 Å². The third-order valence-electron chi connectivity index (χ3n) is 8.48. The number of allylic oxidation sites excluding steroid dienone is 2. The van der Waals surface area contributed by atoms with Crippen LogP contribution in [0.1, 0.15) is 168 Å². The van der Waals surface area contributed by atoms with Gasteiger partial charge in [0.1, 0.15) is 17.0 Å². The summed E-state index contributed by atoms with van der Waals surface area (Å²) < 4.78 is 10.4. The van der Waals surface area contributed by atoms with Crippen LogP contribution >= 0.6 is 0 Å². The summed E-state index contributed by atoms with van der Waals surface area (Å²) in [6.45, 7) is 13.0. The molecule has 0 aliphatic rings. The molecule has 6 N–H and O–H groups in total. The van der Waals surface area contributed by atoms with Crippen molar-refractivity contribution in [3.8, 4) is 5.75 Å². The monoisotopic (exact) mass is 788 g/mol. The van der Waals surface area contributed by atoms with Crippen LogP contribution in [0, 0.1) is 0 Å². The predicted molar refractivity (Wildman–Crippen MR) is 221 cm³/mol. The highest BCUT2D eigenvalue weighted by Gasteiger charge is 2.18. The normalized spacial score (nSPS) is 11.6. The first-order valence-electron chi connectivity index (χ1n) is 20.7. The number of alkyl carbamates (subject to hydrolysis) is 2. The van der Waals surface area contributed by atoms with Crippen molar-refractivity contribution in [3.63, 3.8) is 0 Å². The van der Waals surface area contributed by atoms with Crippen LogP contribution in [0.15, 0.2) is 24.3 Å². The molecule has 0 spiro atoms. The number of hydrogen-bond acceptors (Lipinski definition) is 8. The molecule has 0 heterocycles. The Bertz CT molecular complexity index is 1300. The molecule has 1 aromatic rings. The fourth-order valence-electron chi connectivity index (χ4n) is 5.60. The number of unbranched alkanes of at least 4 members (excludes halogenated alkanes) is 11. The Hall–Kier alpha value is -4.29. The van der Waals surface area contributed by atoms with Crippen LogP contribution in [0.5, 0.6) is 5.75 Å². The second kappa shape index (κ2) is 28.2. The van der Waals surface area contributed by atoms with Gasteiger partial charge in [-0.25, -0.2) is 9.59 Å². The van der Waals surface area contributed by atoms with Crippen LogP contribution in [-0.2, 0) is 43.5 Å². The molecule has 0 saturated carbocycles. The fraction of sp³-hybridized carbons (Fsp3) is 0.698. The maximum Gasteiger partial charge on any atom is 0.407 e. The van der Waals surface area contributed by atoms with Gasteiger partial charge in [-0.1, -0.05) is 70.4 Å². The molecule has 56 heavy (non-hydrogen) atoms. The van der Waals surface area contributed by atoms with Crippen molar-refractivity contribution in [2.24, 2.45) is 0 Å². The molecule has 0 aliphatic carbocycles. The number of aromatic hydroxyl groups is 1. The molecule has 5 amide bonds. The average Bonchev–Trinajstić information content (AvgIpc) is 3.10. The Kier molecular flexibility index (Phi) is 25.0. The second-order valence-corrected chi connectivity index (χ2v) is 16.3. The minimum atomic E-state index is -0.660. The molecule has 0 saturated heterocycles.